The number of aliphatic hydroxyl groups is 4. The highest BCUT2D eigenvalue weighted by Gasteiger charge is 2.47. The van der Waals surface area contributed by atoms with Gasteiger partial charge >= 0.3 is 0 Å². The Morgan fingerprint density at radius 3 is 1.90 bits per heavy atom. The van der Waals surface area contributed by atoms with Gasteiger partial charge in [0.2, 0.25) is 5.91 Å². The number of unbranched alkanes of at least 4 members (excludes halogenated alkanes) is 12. The maximum Gasteiger partial charge on any atom is 0.224 e. The van der Waals surface area contributed by atoms with Crippen LogP contribution in [-0.2, 0) is 9.53 Å². The molecule has 1 fully saturated rings. The molecule has 0 aromatic rings. The lowest BCUT2D eigenvalue weighted by atomic mass is 9.95. The number of carbonyl (C=O) groups excluding carboxylic acids is 1. The standard InChI is InChI=1S/C32H61NO6/c1-4-7-9-10-11-12-13-14-15-16-17-18-19-20-21-23-28(35)33(24-26(6-3)22-8-5-2)32-31(38)30(37)29(36)27(25-34)39-32/h14-15,26-27,29-32,34,36-38H,4-13,16-25H2,1-3H3/b15-14-/t26?,27-,29-,30+,31-,32-/m1/s1. The highest BCUT2D eigenvalue weighted by Crippen LogP contribution is 2.27. The second kappa shape index (κ2) is 22.7. The summed E-state index contributed by atoms with van der Waals surface area (Å²) in [7, 11) is 0. The molecule has 1 aliphatic rings. The molecule has 0 aromatic carbocycles. The van der Waals surface area contributed by atoms with E-state index in [0.29, 0.717) is 13.0 Å². The summed E-state index contributed by atoms with van der Waals surface area (Å²) in [6.07, 6.45) is 18.1. The van der Waals surface area contributed by atoms with E-state index in [9.17, 15) is 25.2 Å². The van der Waals surface area contributed by atoms with E-state index >= 15 is 0 Å². The van der Waals surface area contributed by atoms with Crippen molar-refractivity contribution in [2.45, 2.75) is 167 Å². The lowest BCUT2D eigenvalue weighted by Crippen LogP contribution is -2.64. The number of aliphatic hydroxyl groups excluding tert-OH is 4. The molecular formula is C32H61NO6. The molecule has 6 atom stereocenters. The van der Waals surface area contributed by atoms with E-state index in [4.69, 9.17) is 4.74 Å². The molecule has 0 aliphatic carbocycles. The molecule has 1 heterocycles. The molecule has 0 bridgehead atoms. The molecule has 1 rings (SSSR count). The average molecular weight is 556 g/mol. The molecular weight excluding hydrogens is 494 g/mol. The Morgan fingerprint density at radius 2 is 1.33 bits per heavy atom. The molecule has 0 saturated carbocycles. The Hall–Kier alpha value is -0.990. The van der Waals surface area contributed by atoms with Gasteiger partial charge in [-0.3, -0.25) is 4.79 Å². The highest BCUT2D eigenvalue weighted by molar-refractivity contribution is 5.76. The fourth-order valence-corrected chi connectivity index (χ4v) is 5.37. The van der Waals surface area contributed by atoms with Crippen LogP contribution in [0, 0.1) is 5.92 Å². The zero-order valence-corrected chi connectivity index (χ0v) is 25.3. The minimum atomic E-state index is -1.48. The maximum absolute atomic E-state index is 13.3. The first kappa shape index (κ1) is 36.0. The second-order valence-corrected chi connectivity index (χ2v) is 11.5. The summed E-state index contributed by atoms with van der Waals surface area (Å²) in [5.41, 5.74) is 0. The number of rotatable bonds is 23. The van der Waals surface area contributed by atoms with Gasteiger partial charge in [0.05, 0.1) is 6.61 Å². The number of ether oxygens (including phenoxy) is 1. The maximum atomic E-state index is 13.3. The van der Waals surface area contributed by atoms with Gasteiger partial charge in [0.1, 0.15) is 24.4 Å². The van der Waals surface area contributed by atoms with Crippen LogP contribution in [0.3, 0.4) is 0 Å². The number of amides is 1. The molecule has 0 aromatic heterocycles. The molecule has 0 radical (unpaired) electrons. The number of hydrogen-bond donors (Lipinski definition) is 4. The smallest absolute Gasteiger partial charge is 0.224 e. The largest absolute Gasteiger partial charge is 0.394 e. The van der Waals surface area contributed by atoms with Crippen LogP contribution in [-0.4, -0.2) is 75.0 Å². The van der Waals surface area contributed by atoms with Crippen LogP contribution in [0.15, 0.2) is 12.2 Å². The van der Waals surface area contributed by atoms with Crippen molar-refractivity contribution in [3.63, 3.8) is 0 Å². The van der Waals surface area contributed by atoms with Gasteiger partial charge in [0, 0.05) is 13.0 Å². The van der Waals surface area contributed by atoms with Crippen LogP contribution >= 0.6 is 0 Å². The Morgan fingerprint density at radius 1 is 0.769 bits per heavy atom. The molecule has 4 N–H and O–H groups in total. The van der Waals surface area contributed by atoms with Crippen molar-refractivity contribution < 1.29 is 30.0 Å². The van der Waals surface area contributed by atoms with Gasteiger partial charge in [-0.1, -0.05) is 104 Å². The van der Waals surface area contributed by atoms with E-state index in [1.54, 1.807) is 4.90 Å². The van der Waals surface area contributed by atoms with Crippen molar-refractivity contribution in [1.82, 2.24) is 4.90 Å². The van der Waals surface area contributed by atoms with Crippen LogP contribution < -0.4 is 0 Å². The molecule has 1 amide bonds. The monoisotopic (exact) mass is 555 g/mol. The molecule has 7 nitrogen and oxygen atoms in total. The van der Waals surface area contributed by atoms with E-state index in [2.05, 4.69) is 32.9 Å². The van der Waals surface area contributed by atoms with Gasteiger partial charge in [0.25, 0.3) is 0 Å². The zero-order valence-electron chi connectivity index (χ0n) is 25.3. The first-order valence-electron chi connectivity index (χ1n) is 16.2. The van der Waals surface area contributed by atoms with Crippen LogP contribution in [0.2, 0.25) is 0 Å². The third kappa shape index (κ3) is 14.5. The molecule has 1 aliphatic heterocycles. The van der Waals surface area contributed by atoms with Crippen LogP contribution in [0.4, 0.5) is 0 Å². The zero-order chi connectivity index (χ0) is 28.9. The lowest BCUT2D eigenvalue weighted by molar-refractivity contribution is -0.263. The van der Waals surface area contributed by atoms with Gasteiger partial charge in [-0.2, -0.15) is 0 Å². The van der Waals surface area contributed by atoms with E-state index in [0.717, 1.165) is 57.8 Å². The Bertz CT molecular complexity index is 628. The van der Waals surface area contributed by atoms with Gasteiger partial charge in [-0.05, 0) is 44.4 Å². The van der Waals surface area contributed by atoms with E-state index in [1.165, 1.54) is 51.4 Å². The van der Waals surface area contributed by atoms with Crippen LogP contribution in [0.5, 0.6) is 0 Å². The molecule has 7 heteroatoms. The summed E-state index contributed by atoms with van der Waals surface area (Å²) in [6, 6.07) is 0. The molecule has 39 heavy (non-hydrogen) atoms. The second-order valence-electron chi connectivity index (χ2n) is 11.5. The molecule has 0 spiro atoms. The lowest BCUT2D eigenvalue weighted by Gasteiger charge is -2.45. The Kier molecular flexibility index (Phi) is 20.9. The van der Waals surface area contributed by atoms with Crippen molar-refractivity contribution in [2.24, 2.45) is 5.92 Å². The molecule has 230 valence electrons. The summed E-state index contributed by atoms with van der Waals surface area (Å²) in [6.45, 7) is 6.43. The molecule has 1 unspecified atom stereocenters. The van der Waals surface area contributed by atoms with Gasteiger partial charge in [0.15, 0.2) is 6.23 Å². The van der Waals surface area contributed by atoms with Crippen molar-refractivity contribution in [3.8, 4) is 0 Å². The Labute approximate surface area is 239 Å². The van der Waals surface area contributed by atoms with Gasteiger partial charge in [-0.15, -0.1) is 0 Å². The van der Waals surface area contributed by atoms with Crippen molar-refractivity contribution >= 4 is 5.91 Å². The predicted octanol–water partition coefficient (Wildman–Crippen LogP) is 5.87. The first-order chi connectivity index (χ1) is 18.9. The van der Waals surface area contributed by atoms with E-state index in [-0.39, 0.29) is 11.8 Å². The number of hydrogen-bond acceptors (Lipinski definition) is 6. The van der Waals surface area contributed by atoms with Gasteiger partial charge < -0.3 is 30.1 Å². The predicted molar refractivity (Wildman–Crippen MR) is 158 cm³/mol. The first-order valence-corrected chi connectivity index (χ1v) is 16.2. The quantitative estimate of drug-likeness (QED) is 0.0927. The number of carbonyl (C=O) groups is 1. The fraction of sp³-hybridized carbons (Fsp3) is 0.906. The Balaban J connectivity index is 2.46. The average Bonchev–Trinajstić information content (AvgIpc) is 2.94. The summed E-state index contributed by atoms with van der Waals surface area (Å²) < 4.78 is 5.78. The molecule has 1 saturated heterocycles. The van der Waals surface area contributed by atoms with Crippen molar-refractivity contribution in [2.75, 3.05) is 13.2 Å². The highest BCUT2D eigenvalue weighted by atomic mass is 16.6. The summed E-state index contributed by atoms with van der Waals surface area (Å²) in [5.74, 6) is 0.155. The van der Waals surface area contributed by atoms with E-state index < -0.39 is 37.3 Å². The van der Waals surface area contributed by atoms with Crippen molar-refractivity contribution in [1.29, 1.82) is 0 Å². The summed E-state index contributed by atoms with van der Waals surface area (Å²) >= 11 is 0. The SMILES string of the molecule is CCCCCCCC/C=C\CCCCCCCC(=O)N(CC(CC)CCCC)[C@@H]1O[C@H](CO)[C@@H](O)[C@H](O)[C@H]1O. The number of nitrogens with zero attached hydrogens (tertiary/aromatic N) is 1. The fourth-order valence-electron chi connectivity index (χ4n) is 5.37. The van der Waals surface area contributed by atoms with Crippen molar-refractivity contribution in [3.05, 3.63) is 12.2 Å². The number of allylic oxidation sites excluding steroid dienone is 2. The topological polar surface area (TPSA) is 110 Å². The third-order valence-corrected chi connectivity index (χ3v) is 8.15. The normalized spacial score (nSPS) is 24.3. The summed E-state index contributed by atoms with van der Waals surface area (Å²) in [4.78, 5) is 14.9. The minimum Gasteiger partial charge on any atom is -0.394 e. The van der Waals surface area contributed by atoms with E-state index in [1.807, 2.05) is 0 Å². The minimum absolute atomic E-state index is 0.105. The third-order valence-electron chi connectivity index (χ3n) is 8.15. The van der Waals surface area contributed by atoms with Crippen LogP contribution in [0.1, 0.15) is 136 Å². The summed E-state index contributed by atoms with van der Waals surface area (Å²) in [5, 5.41) is 40.8. The van der Waals surface area contributed by atoms with Gasteiger partial charge in [-0.25, -0.2) is 0 Å². The van der Waals surface area contributed by atoms with Crippen LogP contribution in [0.25, 0.3) is 0 Å².